The van der Waals surface area contributed by atoms with E-state index in [4.69, 9.17) is 23.2 Å². The van der Waals surface area contributed by atoms with Crippen molar-refractivity contribution < 1.29 is 4.79 Å². The summed E-state index contributed by atoms with van der Waals surface area (Å²) in [5.41, 5.74) is 2.41. The van der Waals surface area contributed by atoms with Crippen molar-refractivity contribution in [2.75, 3.05) is 0 Å². The van der Waals surface area contributed by atoms with Crippen LogP contribution in [-0.4, -0.2) is 6.29 Å². The third kappa shape index (κ3) is 2.20. The minimum Gasteiger partial charge on any atom is -0.298 e. The topological polar surface area (TPSA) is 17.1 Å². The van der Waals surface area contributed by atoms with Gasteiger partial charge in [-0.3, -0.25) is 4.79 Å². The zero-order valence-electron chi connectivity index (χ0n) is 10.4. The molecule has 98 valence electrons. The number of hydrogen-bond acceptors (Lipinski definition) is 1. The number of fused-ring (bicyclic) bond motifs is 1. The molecule has 0 amide bonds. The Balaban J connectivity index is 2.36. The van der Waals surface area contributed by atoms with Crippen LogP contribution >= 0.6 is 23.2 Å². The van der Waals surface area contributed by atoms with Gasteiger partial charge in [-0.15, -0.1) is 0 Å². The molecule has 0 heterocycles. The summed E-state index contributed by atoms with van der Waals surface area (Å²) in [5, 5.41) is 3.24. The quantitative estimate of drug-likeness (QED) is 0.561. The molecule has 0 saturated carbocycles. The molecule has 0 saturated heterocycles. The van der Waals surface area contributed by atoms with Gasteiger partial charge in [0.05, 0.1) is 0 Å². The summed E-state index contributed by atoms with van der Waals surface area (Å²) in [4.78, 5) is 11.3. The fourth-order valence-electron chi connectivity index (χ4n) is 2.37. The summed E-state index contributed by atoms with van der Waals surface area (Å²) in [6.07, 6.45) is 0.824. The SMILES string of the molecule is O=Cc1cc(Cl)ccc1-c1ccc(Cl)c2ccccc12. The van der Waals surface area contributed by atoms with Crippen LogP contribution in [0.5, 0.6) is 0 Å². The van der Waals surface area contributed by atoms with E-state index >= 15 is 0 Å². The number of benzene rings is 3. The summed E-state index contributed by atoms with van der Waals surface area (Å²) in [7, 11) is 0. The van der Waals surface area contributed by atoms with Crippen LogP contribution in [0, 0.1) is 0 Å². The molecular formula is C17H10Cl2O. The Bertz CT molecular complexity index is 809. The molecule has 0 atom stereocenters. The molecular weight excluding hydrogens is 291 g/mol. The van der Waals surface area contributed by atoms with Gasteiger partial charge in [-0.05, 0) is 34.7 Å². The first kappa shape index (κ1) is 13.2. The van der Waals surface area contributed by atoms with E-state index in [0.717, 1.165) is 28.2 Å². The summed E-state index contributed by atoms with van der Waals surface area (Å²) in [5.74, 6) is 0. The number of aldehydes is 1. The molecule has 3 aromatic rings. The number of carbonyl (C=O) groups is 1. The smallest absolute Gasteiger partial charge is 0.150 e. The summed E-state index contributed by atoms with van der Waals surface area (Å²) >= 11 is 12.2. The average molecular weight is 301 g/mol. The lowest BCUT2D eigenvalue weighted by Gasteiger charge is -2.10. The predicted molar refractivity (Wildman–Crippen MR) is 84.8 cm³/mol. The van der Waals surface area contributed by atoms with Crippen molar-refractivity contribution in [2.24, 2.45) is 0 Å². The monoisotopic (exact) mass is 300 g/mol. The van der Waals surface area contributed by atoms with Crippen LogP contribution in [0.3, 0.4) is 0 Å². The largest absolute Gasteiger partial charge is 0.298 e. The van der Waals surface area contributed by atoms with E-state index in [2.05, 4.69) is 0 Å². The Hall–Kier alpha value is -1.83. The van der Waals surface area contributed by atoms with Gasteiger partial charge in [0.1, 0.15) is 0 Å². The van der Waals surface area contributed by atoms with Gasteiger partial charge < -0.3 is 0 Å². The third-order valence-corrected chi connectivity index (χ3v) is 3.87. The van der Waals surface area contributed by atoms with E-state index in [-0.39, 0.29) is 0 Å². The van der Waals surface area contributed by atoms with E-state index < -0.39 is 0 Å². The average Bonchev–Trinajstić information content (AvgIpc) is 2.48. The second-order valence-corrected chi connectivity index (χ2v) is 5.33. The lowest BCUT2D eigenvalue weighted by molar-refractivity contribution is 0.112. The van der Waals surface area contributed by atoms with Crippen LogP contribution in [-0.2, 0) is 0 Å². The summed E-state index contributed by atoms with van der Waals surface area (Å²) in [6.45, 7) is 0. The molecule has 1 nitrogen and oxygen atoms in total. The van der Waals surface area contributed by atoms with Gasteiger partial charge >= 0.3 is 0 Å². The lowest BCUT2D eigenvalue weighted by atomic mass is 9.95. The highest BCUT2D eigenvalue weighted by molar-refractivity contribution is 6.36. The maximum atomic E-state index is 11.3. The van der Waals surface area contributed by atoms with Crippen LogP contribution in [0.1, 0.15) is 10.4 Å². The van der Waals surface area contributed by atoms with Crippen molar-refractivity contribution in [1.82, 2.24) is 0 Å². The van der Waals surface area contributed by atoms with Crippen molar-refractivity contribution in [3.8, 4) is 11.1 Å². The lowest BCUT2D eigenvalue weighted by Crippen LogP contribution is -1.89. The van der Waals surface area contributed by atoms with Crippen LogP contribution < -0.4 is 0 Å². The van der Waals surface area contributed by atoms with Crippen molar-refractivity contribution >= 4 is 40.3 Å². The van der Waals surface area contributed by atoms with Crippen LogP contribution in [0.15, 0.2) is 54.6 Å². The number of carbonyl (C=O) groups excluding carboxylic acids is 1. The maximum absolute atomic E-state index is 11.3. The molecule has 3 heteroatoms. The molecule has 0 aliphatic carbocycles. The minimum absolute atomic E-state index is 0.550. The highest BCUT2D eigenvalue weighted by Gasteiger charge is 2.10. The van der Waals surface area contributed by atoms with Crippen molar-refractivity contribution in [3.05, 3.63) is 70.2 Å². The zero-order valence-corrected chi connectivity index (χ0v) is 11.9. The minimum atomic E-state index is 0.550. The van der Waals surface area contributed by atoms with E-state index in [1.165, 1.54) is 0 Å². The number of hydrogen-bond donors (Lipinski definition) is 0. The number of rotatable bonds is 2. The normalized spacial score (nSPS) is 10.7. The molecule has 0 bridgehead atoms. The second kappa shape index (κ2) is 5.28. The van der Waals surface area contributed by atoms with Gasteiger partial charge in [0.25, 0.3) is 0 Å². The molecule has 0 unspecified atom stereocenters. The van der Waals surface area contributed by atoms with Gasteiger partial charge in [0.15, 0.2) is 6.29 Å². The van der Waals surface area contributed by atoms with Crippen molar-refractivity contribution in [3.63, 3.8) is 0 Å². The van der Waals surface area contributed by atoms with E-state index in [1.54, 1.807) is 12.1 Å². The summed E-state index contributed by atoms with van der Waals surface area (Å²) < 4.78 is 0. The van der Waals surface area contributed by atoms with Crippen LogP contribution in [0.25, 0.3) is 21.9 Å². The fourth-order valence-corrected chi connectivity index (χ4v) is 2.78. The first-order valence-corrected chi connectivity index (χ1v) is 6.88. The Labute approximate surface area is 126 Å². The molecule has 0 N–H and O–H groups in total. The van der Waals surface area contributed by atoms with Crippen LogP contribution in [0.4, 0.5) is 0 Å². The highest BCUT2D eigenvalue weighted by Crippen LogP contribution is 2.34. The van der Waals surface area contributed by atoms with Gasteiger partial charge in [0.2, 0.25) is 0 Å². The molecule has 20 heavy (non-hydrogen) atoms. The molecule has 0 aromatic heterocycles. The van der Waals surface area contributed by atoms with Gasteiger partial charge in [-0.25, -0.2) is 0 Å². The zero-order chi connectivity index (χ0) is 14.1. The second-order valence-electron chi connectivity index (χ2n) is 4.49. The van der Waals surface area contributed by atoms with Crippen molar-refractivity contribution in [1.29, 1.82) is 0 Å². The van der Waals surface area contributed by atoms with Crippen molar-refractivity contribution in [2.45, 2.75) is 0 Å². The highest BCUT2D eigenvalue weighted by atomic mass is 35.5. The Morgan fingerprint density at radius 1 is 0.800 bits per heavy atom. The van der Waals surface area contributed by atoms with E-state index in [9.17, 15) is 4.79 Å². The molecule has 3 rings (SSSR count). The fraction of sp³-hybridized carbons (Fsp3) is 0. The Morgan fingerprint density at radius 3 is 2.25 bits per heavy atom. The Morgan fingerprint density at radius 2 is 1.50 bits per heavy atom. The van der Waals surface area contributed by atoms with Gasteiger partial charge in [0, 0.05) is 21.0 Å². The van der Waals surface area contributed by atoms with Gasteiger partial charge in [-0.1, -0.05) is 59.6 Å². The van der Waals surface area contributed by atoms with Gasteiger partial charge in [-0.2, -0.15) is 0 Å². The number of halogens is 2. The first-order chi connectivity index (χ1) is 9.70. The molecule has 0 fully saturated rings. The maximum Gasteiger partial charge on any atom is 0.150 e. The third-order valence-electron chi connectivity index (χ3n) is 3.30. The van der Waals surface area contributed by atoms with E-state index in [0.29, 0.717) is 15.6 Å². The summed E-state index contributed by atoms with van der Waals surface area (Å²) in [6, 6.07) is 17.0. The molecule has 0 aliphatic heterocycles. The first-order valence-electron chi connectivity index (χ1n) is 6.13. The predicted octanol–water partition coefficient (Wildman–Crippen LogP) is 5.63. The van der Waals surface area contributed by atoms with E-state index in [1.807, 2.05) is 42.5 Å². The molecule has 0 radical (unpaired) electrons. The molecule has 0 spiro atoms. The molecule has 3 aromatic carbocycles. The standard InChI is InChI=1S/C17H10Cl2O/c18-12-5-6-13(11(9-12)10-20)15-7-8-17(19)16-4-2-1-3-14(15)16/h1-10H. The Kier molecular flexibility index (Phi) is 3.47. The van der Waals surface area contributed by atoms with Crippen LogP contribution in [0.2, 0.25) is 10.0 Å². The molecule has 0 aliphatic rings.